The van der Waals surface area contributed by atoms with Crippen LogP contribution in [-0.2, 0) is 24.3 Å². The van der Waals surface area contributed by atoms with E-state index in [1.165, 1.54) is 12.1 Å². The van der Waals surface area contributed by atoms with Crippen LogP contribution in [0.1, 0.15) is 20.3 Å². The van der Waals surface area contributed by atoms with E-state index in [4.69, 9.17) is 18.9 Å². The lowest BCUT2D eigenvalue weighted by molar-refractivity contribution is -0.123. The van der Waals surface area contributed by atoms with E-state index in [2.05, 4.69) is 10.0 Å². The predicted octanol–water partition coefficient (Wildman–Crippen LogP) is 0.930. The van der Waals surface area contributed by atoms with Gasteiger partial charge in [0.05, 0.1) is 37.9 Å². The topological polar surface area (TPSA) is 112 Å². The molecule has 1 unspecified atom stereocenters. The summed E-state index contributed by atoms with van der Waals surface area (Å²) in [5.74, 6) is 0.227. The zero-order valence-corrected chi connectivity index (χ0v) is 17.9. The molecule has 0 fully saturated rings. The molecule has 1 aromatic carbocycles. The molecular formula is C19H30N2O7S. The summed E-state index contributed by atoms with van der Waals surface area (Å²) in [5.41, 5.74) is 0. The molecule has 164 valence electrons. The molecule has 2 rings (SSSR count). The summed E-state index contributed by atoms with van der Waals surface area (Å²) in [7, 11) is -2.35. The lowest BCUT2D eigenvalue weighted by atomic mass is 10.1. The fourth-order valence-corrected chi connectivity index (χ4v) is 4.00. The van der Waals surface area contributed by atoms with Gasteiger partial charge in [-0.1, -0.05) is 13.8 Å². The smallest absolute Gasteiger partial charge is 0.241 e. The lowest BCUT2D eigenvalue weighted by Crippen LogP contribution is -2.50. The molecule has 0 spiro atoms. The molecule has 10 heteroatoms. The average Bonchev–Trinajstić information content (AvgIpc) is 2.93. The molecule has 1 aromatic rings. The van der Waals surface area contributed by atoms with Crippen molar-refractivity contribution in [1.29, 1.82) is 0 Å². The van der Waals surface area contributed by atoms with Crippen LogP contribution in [0.4, 0.5) is 0 Å². The molecule has 0 aliphatic carbocycles. The second-order valence-electron chi connectivity index (χ2n) is 6.90. The molecule has 9 nitrogen and oxygen atoms in total. The van der Waals surface area contributed by atoms with Crippen LogP contribution in [0.5, 0.6) is 11.5 Å². The minimum atomic E-state index is -3.93. The van der Waals surface area contributed by atoms with Crippen LogP contribution < -0.4 is 19.5 Å². The van der Waals surface area contributed by atoms with Crippen molar-refractivity contribution in [1.82, 2.24) is 10.0 Å². The molecule has 1 amide bonds. The first kappa shape index (κ1) is 23.4. The fourth-order valence-electron chi connectivity index (χ4n) is 2.64. The molecule has 0 saturated carbocycles. The first-order valence-electron chi connectivity index (χ1n) is 9.61. The Balaban J connectivity index is 2.01. The van der Waals surface area contributed by atoms with Gasteiger partial charge in [-0.25, -0.2) is 8.42 Å². The highest BCUT2D eigenvalue weighted by atomic mass is 32.2. The average molecular weight is 431 g/mol. The number of nitrogens with one attached hydrogen (secondary N) is 2. The number of carbonyl (C=O) groups is 1. The highest BCUT2D eigenvalue weighted by Crippen LogP contribution is 2.32. The van der Waals surface area contributed by atoms with Crippen LogP contribution in [-0.4, -0.2) is 67.1 Å². The van der Waals surface area contributed by atoms with E-state index >= 15 is 0 Å². The van der Waals surface area contributed by atoms with Crippen LogP contribution in [0.3, 0.4) is 0 Å². The number of amides is 1. The van der Waals surface area contributed by atoms with Crippen LogP contribution in [0, 0.1) is 5.92 Å². The van der Waals surface area contributed by atoms with E-state index in [9.17, 15) is 13.2 Å². The summed E-state index contributed by atoms with van der Waals surface area (Å²) in [6.45, 7) is 6.00. The van der Waals surface area contributed by atoms with Crippen LogP contribution >= 0.6 is 0 Å². The van der Waals surface area contributed by atoms with E-state index in [1.54, 1.807) is 27.0 Å². The quantitative estimate of drug-likeness (QED) is 0.502. The Hall–Kier alpha value is -1.88. The number of carbonyl (C=O) groups excluding carboxylic acids is 1. The normalized spacial score (nSPS) is 15.0. The van der Waals surface area contributed by atoms with Crippen molar-refractivity contribution in [2.75, 3.05) is 46.7 Å². The van der Waals surface area contributed by atoms with E-state index in [0.717, 1.165) is 6.42 Å². The Morgan fingerprint density at radius 2 is 1.86 bits per heavy atom. The number of methoxy groups -OCH3 is 1. The van der Waals surface area contributed by atoms with Crippen molar-refractivity contribution in [3.63, 3.8) is 0 Å². The third-order valence-corrected chi connectivity index (χ3v) is 5.68. The third kappa shape index (κ3) is 7.14. The second kappa shape index (κ2) is 11.3. The molecule has 0 saturated heterocycles. The van der Waals surface area contributed by atoms with Gasteiger partial charge in [-0.3, -0.25) is 4.79 Å². The summed E-state index contributed by atoms with van der Waals surface area (Å²) in [6, 6.07) is 3.50. The molecular weight excluding hydrogens is 400 g/mol. The maximum absolute atomic E-state index is 12.8. The number of benzene rings is 1. The van der Waals surface area contributed by atoms with Crippen molar-refractivity contribution in [3.8, 4) is 11.5 Å². The zero-order valence-electron chi connectivity index (χ0n) is 17.1. The maximum Gasteiger partial charge on any atom is 0.241 e. The number of ether oxygens (including phenoxy) is 4. The molecule has 0 radical (unpaired) electrons. The van der Waals surface area contributed by atoms with E-state index < -0.39 is 22.0 Å². The Bertz CT molecular complexity index is 768. The molecule has 1 heterocycles. The molecule has 1 aliphatic heterocycles. The van der Waals surface area contributed by atoms with Gasteiger partial charge in [-0.2, -0.15) is 4.72 Å². The zero-order chi connectivity index (χ0) is 21.3. The SMILES string of the molecule is COCCOCCNC(=O)C(NS(=O)(=O)c1ccc2c(c1)OCCCO2)C(C)C. The van der Waals surface area contributed by atoms with Crippen molar-refractivity contribution in [3.05, 3.63) is 18.2 Å². The Labute approximate surface area is 172 Å². The molecule has 0 aromatic heterocycles. The third-order valence-electron chi connectivity index (χ3n) is 4.24. The number of hydrogen-bond donors (Lipinski definition) is 2. The van der Waals surface area contributed by atoms with Gasteiger partial charge in [0.15, 0.2) is 11.5 Å². The Morgan fingerprint density at radius 1 is 1.14 bits per heavy atom. The first-order chi connectivity index (χ1) is 13.8. The molecule has 29 heavy (non-hydrogen) atoms. The summed E-state index contributed by atoms with van der Waals surface area (Å²) in [6.07, 6.45) is 0.722. The number of sulfonamides is 1. The van der Waals surface area contributed by atoms with E-state index in [1.807, 2.05) is 0 Å². The Kier molecular flexibility index (Phi) is 9.15. The molecule has 1 atom stereocenters. The van der Waals surface area contributed by atoms with Crippen LogP contribution in [0.15, 0.2) is 23.1 Å². The largest absolute Gasteiger partial charge is 0.490 e. The van der Waals surface area contributed by atoms with Gasteiger partial charge in [0.2, 0.25) is 15.9 Å². The van der Waals surface area contributed by atoms with Crippen molar-refractivity contribution in [2.24, 2.45) is 5.92 Å². The van der Waals surface area contributed by atoms with Crippen molar-refractivity contribution in [2.45, 2.75) is 31.2 Å². The van der Waals surface area contributed by atoms with Gasteiger partial charge in [0.1, 0.15) is 6.04 Å². The van der Waals surface area contributed by atoms with Gasteiger partial charge in [0, 0.05) is 26.1 Å². The molecule has 2 N–H and O–H groups in total. The fraction of sp³-hybridized carbons (Fsp3) is 0.632. The van der Waals surface area contributed by atoms with Gasteiger partial charge < -0.3 is 24.3 Å². The van der Waals surface area contributed by atoms with Gasteiger partial charge in [0.25, 0.3) is 0 Å². The second-order valence-corrected chi connectivity index (χ2v) is 8.61. The summed E-state index contributed by atoms with van der Waals surface area (Å²) in [5, 5.41) is 2.70. The Morgan fingerprint density at radius 3 is 2.55 bits per heavy atom. The monoisotopic (exact) mass is 430 g/mol. The van der Waals surface area contributed by atoms with E-state index in [-0.39, 0.29) is 17.4 Å². The summed E-state index contributed by atoms with van der Waals surface area (Å²) >= 11 is 0. The van der Waals surface area contributed by atoms with Gasteiger partial charge in [-0.05, 0) is 18.1 Å². The van der Waals surface area contributed by atoms with Gasteiger partial charge >= 0.3 is 0 Å². The van der Waals surface area contributed by atoms with Gasteiger partial charge in [-0.15, -0.1) is 0 Å². The molecule has 0 bridgehead atoms. The van der Waals surface area contributed by atoms with Crippen LogP contribution in [0.25, 0.3) is 0 Å². The number of hydrogen-bond acceptors (Lipinski definition) is 7. The lowest BCUT2D eigenvalue weighted by Gasteiger charge is -2.22. The maximum atomic E-state index is 12.8. The first-order valence-corrected chi connectivity index (χ1v) is 11.1. The van der Waals surface area contributed by atoms with E-state index in [0.29, 0.717) is 44.5 Å². The highest BCUT2D eigenvalue weighted by molar-refractivity contribution is 7.89. The summed E-state index contributed by atoms with van der Waals surface area (Å²) in [4.78, 5) is 12.5. The minimum absolute atomic E-state index is 0.0168. The summed E-state index contributed by atoms with van der Waals surface area (Å²) < 4.78 is 49.4. The minimum Gasteiger partial charge on any atom is -0.490 e. The predicted molar refractivity (Wildman–Crippen MR) is 107 cm³/mol. The van der Waals surface area contributed by atoms with Crippen molar-refractivity contribution < 1.29 is 32.2 Å². The number of fused-ring (bicyclic) bond motifs is 1. The van der Waals surface area contributed by atoms with Crippen molar-refractivity contribution >= 4 is 15.9 Å². The number of rotatable bonds is 11. The highest BCUT2D eigenvalue weighted by Gasteiger charge is 2.29. The molecule has 1 aliphatic rings. The van der Waals surface area contributed by atoms with Crippen LogP contribution in [0.2, 0.25) is 0 Å². The standard InChI is InChI=1S/C19H30N2O7S/c1-14(2)18(19(22)20-7-10-26-12-11-25-3)21-29(23,24)15-5-6-16-17(13-15)28-9-4-8-27-16/h5-6,13-14,18,21H,4,7-12H2,1-3H3,(H,20,22).